The number of aliphatic hydroxyl groups excluding tert-OH is 2. The molecule has 0 radical (unpaired) electrons. The van der Waals surface area contributed by atoms with E-state index in [-0.39, 0.29) is 39.1 Å². The molecule has 0 bridgehead atoms. The summed E-state index contributed by atoms with van der Waals surface area (Å²) in [7, 11) is 0. The van der Waals surface area contributed by atoms with Crippen LogP contribution >= 0.6 is 0 Å². The third kappa shape index (κ3) is 163. The van der Waals surface area contributed by atoms with Crippen molar-refractivity contribution in [3.63, 3.8) is 0 Å². The summed E-state index contributed by atoms with van der Waals surface area (Å²) in [6.45, 7) is 15.9. The van der Waals surface area contributed by atoms with Gasteiger partial charge in [0.25, 0.3) is 0 Å². The zero-order valence-electron chi connectivity index (χ0n) is 12.5. The first kappa shape index (κ1) is 30.6. The number of nitrogens with zero attached hydrogens (tertiary/aromatic N) is 2. The van der Waals surface area contributed by atoms with Crippen LogP contribution in [-0.2, 0) is 25.8 Å². The van der Waals surface area contributed by atoms with Crippen molar-refractivity contribution in [2.75, 3.05) is 39.4 Å². The number of rotatable bonds is 4. The number of hydrogen-bond donors (Lipinski definition) is 2. The van der Waals surface area contributed by atoms with E-state index >= 15 is 0 Å². The Balaban J connectivity index is -0.0000000381. The molecule has 0 saturated carbocycles. The van der Waals surface area contributed by atoms with Gasteiger partial charge < -0.3 is 20.8 Å². The molecule has 2 N–H and O–H groups in total. The van der Waals surface area contributed by atoms with Crippen molar-refractivity contribution >= 4 is 0 Å². The summed E-state index contributed by atoms with van der Waals surface area (Å²) in [4.78, 5) is 0. The summed E-state index contributed by atoms with van der Waals surface area (Å²) in [6, 6.07) is 0. The van der Waals surface area contributed by atoms with E-state index in [0.29, 0.717) is 0 Å². The molecule has 0 fully saturated rings. The summed E-state index contributed by atoms with van der Waals surface area (Å²) in [5.74, 6) is 0. The van der Waals surface area contributed by atoms with Crippen LogP contribution in [-0.4, -0.2) is 49.6 Å². The summed E-state index contributed by atoms with van der Waals surface area (Å²) < 4.78 is 0. The predicted molar refractivity (Wildman–Crippen MR) is 74.4 cm³/mol. The van der Waals surface area contributed by atoms with Crippen LogP contribution in [0.3, 0.4) is 0 Å². The van der Waals surface area contributed by atoms with Gasteiger partial charge in [0.1, 0.15) is 0 Å². The Morgan fingerprint density at radius 1 is 0.588 bits per heavy atom. The maximum absolute atomic E-state index is 7.57. The SMILES string of the molecule is CCO.CCO.CC[N-]CC.CC[N-]CC.[Hf]. The second-order valence-electron chi connectivity index (χ2n) is 2.34. The molecule has 0 unspecified atom stereocenters. The Morgan fingerprint density at radius 2 is 0.706 bits per heavy atom. The molecule has 0 atom stereocenters. The monoisotopic (exact) mass is 416 g/mol. The molecule has 0 aliphatic rings. The molecule has 0 aromatic carbocycles. The van der Waals surface area contributed by atoms with Gasteiger partial charge in [0, 0.05) is 39.1 Å². The second kappa shape index (κ2) is 54.4. The van der Waals surface area contributed by atoms with Crippen LogP contribution in [0.2, 0.25) is 0 Å². The van der Waals surface area contributed by atoms with Crippen molar-refractivity contribution in [3.8, 4) is 0 Å². The Hall–Kier alpha value is 0.710. The van der Waals surface area contributed by atoms with Gasteiger partial charge in [-0.3, -0.25) is 0 Å². The van der Waals surface area contributed by atoms with Crippen molar-refractivity contribution in [1.29, 1.82) is 0 Å². The third-order valence-electron chi connectivity index (χ3n) is 0.894. The smallest absolute Gasteiger partial charge is 0.0402 e. The molecule has 5 heteroatoms. The Kier molecular flexibility index (Phi) is 97.9. The van der Waals surface area contributed by atoms with Gasteiger partial charge in [-0.25, -0.2) is 0 Å². The van der Waals surface area contributed by atoms with E-state index in [4.69, 9.17) is 10.2 Å². The van der Waals surface area contributed by atoms with Gasteiger partial charge >= 0.3 is 0 Å². The molecule has 0 aliphatic carbocycles. The van der Waals surface area contributed by atoms with E-state index in [0.717, 1.165) is 26.2 Å². The Labute approximate surface area is 127 Å². The van der Waals surface area contributed by atoms with Crippen LogP contribution in [0.25, 0.3) is 10.6 Å². The predicted octanol–water partition coefficient (Wildman–Crippen LogP) is 2.79. The second-order valence-corrected chi connectivity index (χ2v) is 2.34. The van der Waals surface area contributed by atoms with Gasteiger partial charge in [-0.05, 0) is 13.8 Å². The average molecular weight is 415 g/mol. The fraction of sp³-hybridized carbons (Fsp3) is 1.00. The van der Waals surface area contributed by atoms with Crippen LogP contribution < -0.4 is 0 Å². The molecule has 0 heterocycles. The van der Waals surface area contributed by atoms with E-state index in [1.807, 2.05) is 27.7 Å². The fourth-order valence-corrected chi connectivity index (χ4v) is 0.447. The average Bonchev–Trinajstić information content (AvgIpc) is 2.23. The number of aliphatic hydroxyl groups is 2. The van der Waals surface area contributed by atoms with E-state index in [1.165, 1.54) is 0 Å². The van der Waals surface area contributed by atoms with Gasteiger partial charge in [-0.2, -0.15) is 26.2 Å². The van der Waals surface area contributed by atoms with Crippen molar-refractivity contribution in [2.45, 2.75) is 41.5 Å². The topological polar surface area (TPSA) is 68.7 Å². The van der Waals surface area contributed by atoms with Gasteiger partial charge in [-0.15, -0.1) is 0 Å². The Bertz CT molecular complexity index is 58.5. The van der Waals surface area contributed by atoms with E-state index in [1.54, 1.807) is 13.8 Å². The quantitative estimate of drug-likeness (QED) is 0.694. The minimum absolute atomic E-state index is 0. The Morgan fingerprint density at radius 3 is 0.706 bits per heavy atom. The minimum atomic E-state index is 0. The molecular formula is C12H32HfN2O2-2. The van der Waals surface area contributed by atoms with Crippen molar-refractivity contribution in [2.24, 2.45) is 0 Å². The van der Waals surface area contributed by atoms with E-state index in [9.17, 15) is 0 Å². The molecule has 17 heavy (non-hydrogen) atoms. The molecule has 0 rings (SSSR count). The first-order valence-corrected chi connectivity index (χ1v) is 6.14. The van der Waals surface area contributed by atoms with E-state index < -0.39 is 0 Å². The number of hydrogen-bond acceptors (Lipinski definition) is 2. The first-order valence-electron chi connectivity index (χ1n) is 6.14. The van der Waals surface area contributed by atoms with E-state index in [2.05, 4.69) is 10.6 Å². The molecule has 4 nitrogen and oxygen atoms in total. The maximum atomic E-state index is 7.57. The standard InChI is InChI=1S/2C4H10N.2C2H6O.Hf/c2*1-3-5-4-2;2*1-2-3;/h2*3-4H2,1-2H3;2*3H,2H2,1H3;/q2*-1;;;. The molecule has 108 valence electrons. The summed E-state index contributed by atoms with van der Waals surface area (Å²) in [5, 5.41) is 23.1. The van der Waals surface area contributed by atoms with Crippen LogP contribution in [0, 0.1) is 0 Å². The van der Waals surface area contributed by atoms with Crippen molar-refractivity contribution < 1.29 is 36.1 Å². The van der Waals surface area contributed by atoms with Gasteiger partial charge in [0.2, 0.25) is 0 Å². The zero-order chi connectivity index (χ0) is 13.7. The zero-order valence-corrected chi connectivity index (χ0v) is 16.1. The summed E-state index contributed by atoms with van der Waals surface area (Å²) >= 11 is 0. The van der Waals surface area contributed by atoms with Crippen LogP contribution in [0.1, 0.15) is 41.5 Å². The van der Waals surface area contributed by atoms with Crippen molar-refractivity contribution in [1.82, 2.24) is 0 Å². The fourth-order valence-electron chi connectivity index (χ4n) is 0.447. The third-order valence-corrected chi connectivity index (χ3v) is 0.894. The van der Waals surface area contributed by atoms with Gasteiger partial charge in [0.05, 0.1) is 0 Å². The minimum Gasteiger partial charge on any atom is -0.663 e. The first-order chi connectivity index (χ1) is 7.66. The maximum Gasteiger partial charge on any atom is 0.0402 e. The molecule has 0 aliphatic heterocycles. The molecule has 0 spiro atoms. The largest absolute Gasteiger partial charge is 0.663 e. The van der Waals surface area contributed by atoms with Crippen LogP contribution in [0.5, 0.6) is 0 Å². The normalized spacial score (nSPS) is 7.06. The molecule has 0 aromatic rings. The van der Waals surface area contributed by atoms with Crippen molar-refractivity contribution in [3.05, 3.63) is 10.6 Å². The molecule has 0 saturated heterocycles. The molecular weight excluding hydrogens is 383 g/mol. The van der Waals surface area contributed by atoms with Gasteiger partial charge in [-0.1, -0.05) is 27.7 Å². The van der Waals surface area contributed by atoms with Gasteiger partial charge in [0.15, 0.2) is 0 Å². The summed E-state index contributed by atoms with van der Waals surface area (Å²) in [5.41, 5.74) is 0. The van der Waals surface area contributed by atoms with Crippen LogP contribution in [0.15, 0.2) is 0 Å². The molecule has 0 amide bonds. The molecule has 0 aromatic heterocycles. The summed E-state index contributed by atoms with van der Waals surface area (Å²) in [6.07, 6.45) is 0. The van der Waals surface area contributed by atoms with Crippen LogP contribution in [0.4, 0.5) is 0 Å².